The molecule has 2 aromatic carbocycles. The van der Waals surface area contributed by atoms with Crippen LogP contribution >= 0.6 is 23.2 Å². The van der Waals surface area contributed by atoms with E-state index in [0.29, 0.717) is 27.0 Å². The lowest BCUT2D eigenvalue weighted by molar-refractivity contribution is 0.102. The highest BCUT2D eigenvalue weighted by Gasteiger charge is 2.08. The third kappa shape index (κ3) is 4.25. The molecule has 120 valence electrons. The molecule has 0 spiro atoms. The van der Waals surface area contributed by atoms with Crippen molar-refractivity contribution in [3.63, 3.8) is 0 Å². The molecule has 4 nitrogen and oxygen atoms in total. The van der Waals surface area contributed by atoms with Crippen LogP contribution in [0.25, 0.3) is 0 Å². The van der Waals surface area contributed by atoms with Crippen LogP contribution in [0.1, 0.15) is 10.4 Å². The van der Waals surface area contributed by atoms with Gasteiger partial charge < -0.3 is 10.6 Å². The zero-order chi connectivity index (χ0) is 16.9. The molecule has 1 amide bonds. The van der Waals surface area contributed by atoms with Crippen molar-refractivity contribution >= 4 is 46.2 Å². The number of hydrogen-bond acceptors (Lipinski definition) is 3. The normalized spacial score (nSPS) is 10.2. The third-order valence-corrected chi connectivity index (χ3v) is 3.74. The van der Waals surface area contributed by atoms with E-state index < -0.39 is 0 Å². The van der Waals surface area contributed by atoms with Crippen LogP contribution in [0.3, 0.4) is 0 Å². The molecule has 1 aromatic heterocycles. The highest BCUT2D eigenvalue weighted by atomic mass is 35.5. The molecule has 0 aliphatic heterocycles. The number of anilines is 3. The van der Waals surface area contributed by atoms with E-state index in [0.717, 1.165) is 5.69 Å². The lowest BCUT2D eigenvalue weighted by Gasteiger charge is -2.09. The number of halogens is 2. The number of carbonyl (C=O) groups is 1. The van der Waals surface area contributed by atoms with E-state index in [4.69, 9.17) is 23.2 Å². The van der Waals surface area contributed by atoms with Gasteiger partial charge in [-0.3, -0.25) is 9.78 Å². The topological polar surface area (TPSA) is 54.0 Å². The molecule has 0 radical (unpaired) electrons. The van der Waals surface area contributed by atoms with Crippen LogP contribution in [-0.2, 0) is 0 Å². The maximum absolute atomic E-state index is 12.3. The number of rotatable bonds is 4. The van der Waals surface area contributed by atoms with Crippen molar-refractivity contribution in [1.82, 2.24) is 4.98 Å². The molecule has 24 heavy (non-hydrogen) atoms. The summed E-state index contributed by atoms with van der Waals surface area (Å²) in [6, 6.07) is 15.9. The maximum atomic E-state index is 12.3. The Morgan fingerprint density at radius 1 is 0.792 bits per heavy atom. The molecule has 0 fully saturated rings. The van der Waals surface area contributed by atoms with Crippen molar-refractivity contribution in [2.45, 2.75) is 0 Å². The van der Waals surface area contributed by atoms with Gasteiger partial charge in [-0.25, -0.2) is 0 Å². The van der Waals surface area contributed by atoms with Gasteiger partial charge in [0.05, 0.1) is 17.4 Å². The van der Waals surface area contributed by atoms with Crippen LogP contribution in [-0.4, -0.2) is 10.9 Å². The number of aromatic nitrogens is 1. The molecular formula is C18H13Cl2N3O. The molecule has 0 atom stereocenters. The van der Waals surface area contributed by atoms with Crippen molar-refractivity contribution in [2.24, 2.45) is 0 Å². The number of benzene rings is 2. The summed E-state index contributed by atoms with van der Waals surface area (Å²) in [5, 5.41) is 7.26. The first-order valence-corrected chi connectivity index (χ1v) is 7.90. The van der Waals surface area contributed by atoms with Crippen LogP contribution in [0.5, 0.6) is 0 Å². The Hall–Kier alpha value is -2.56. The van der Waals surface area contributed by atoms with E-state index in [1.165, 1.54) is 6.20 Å². The highest BCUT2D eigenvalue weighted by Crippen LogP contribution is 2.20. The smallest absolute Gasteiger partial charge is 0.257 e. The van der Waals surface area contributed by atoms with Gasteiger partial charge in [0.25, 0.3) is 5.91 Å². The molecule has 0 aliphatic rings. The minimum absolute atomic E-state index is 0.246. The van der Waals surface area contributed by atoms with Gasteiger partial charge in [0, 0.05) is 27.6 Å². The monoisotopic (exact) mass is 357 g/mol. The standard InChI is InChI=1S/C18H13Cl2N3O/c19-13-1-5-15(6-2-13)22-17-9-12(10-21-11-17)18(24)23-16-7-3-14(20)4-8-16/h1-11,22H,(H,23,24). The lowest BCUT2D eigenvalue weighted by Crippen LogP contribution is -2.12. The highest BCUT2D eigenvalue weighted by molar-refractivity contribution is 6.31. The summed E-state index contributed by atoms with van der Waals surface area (Å²) in [5.41, 5.74) is 2.68. The minimum atomic E-state index is -0.246. The third-order valence-electron chi connectivity index (χ3n) is 3.24. The fourth-order valence-electron chi connectivity index (χ4n) is 2.07. The Labute approximate surface area is 149 Å². The Balaban J connectivity index is 1.73. The van der Waals surface area contributed by atoms with Crippen LogP contribution in [0, 0.1) is 0 Å². The molecule has 3 rings (SSSR count). The van der Waals surface area contributed by atoms with E-state index in [9.17, 15) is 4.79 Å². The summed E-state index contributed by atoms with van der Waals surface area (Å²) in [6.07, 6.45) is 3.16. The Kier molecular flexibility index (Phi) is 4.99. The SMILES string of the molecule is O=C(Nc1ccc(Cl)cc1)c1cncc(Nc2ccc(Cl)cc2)c1. The van der Waals surface area contributed by atoms with E-state index in [-0.39, 0.29) is 5.91 Å². The number of nitrogens with one attached hydrogen (secondary N) is 2. The average molecular weight is 358 g/mol. The van der Waals surface area contributed by atoms with Gasteiger partial charge in [-0.1, -0.05) is 23.2 Å². The number of amides is 1. The second kappa shape index (κ2) is 7.34. The van der Waals surface area contributed by atoms with Gasteiger partial charge in [0.1, 0.15) is 0 Å². The molecule has 0 aliphatic carbocycles. The second-order valence-electron chi connectivity index (χ2n) is 5.06. The zero-order valence-electron chi connectivity index (χ0n) is 12.5. The Bertz CT molecular complexity index is 849. The van der Waals surface area contributed by atoms with Gasteiger partial charge >= 0.3 is 0 Å². The molecule has 0 unspecified atom stereocenters. The van der Waals surface area contributed by atoms with Gasteiger partial charge in [-0.15, -0.1) is 0 Å². The molecule has 0 bridgehead atoms. The van der Waals surface area contributed by atoms with Crippen LogP contribution in [0.2, 0.25) is 10.0 Å². The van der Waals surface area contributed by atoms with Gasteiger partial charge in [0.15, 0.2) is 0 Å². The quantitative estimate of drug-likeness (QED) is 0.658. The Morgan fingerprint density at radius 2 is 1.38 bits per heavy atom. The largest absolute Gasteiger partial charge is 0.354 e. The summed E-state index contributed by atoms with van der Waals surface area (Å²) < 4.78 is 0. The van der Waals surface area contributed by atoms with Crippen LogP contribution in [0.15, 0.2) is 67.0 Å². The lowest BCUT2D eigenvalue weighted by atomic mass is 10.2. The van der Waals surface area contributed by atoms with E-state index in [2.05, 4.69) is 15.6 Å². The molecule has 3 aromatic rings. The number of carbonyl (C=O) groups excluding carboxylic acids is 1. The summed E-state index contributed by atoms with van der Waals surface area (Å²) in [4.78, 5) is 16.4. The van der Waals surface area contributed by atoms with Crippen molar-refractivity contribution in [3.05, 3.63) is 82.6 Å². The first kappa shape index (κ1) is 16.3. The van der Waals surface area contributed by atoms with E-state index in [1.807, 2.05) is 12.1 Å². The fourth-order valence-corrected chi connectivity index (χ4v) is 2.32. The van der Waals surface area contributed by atoms with Gasteiger partial charge in [0.2, 0.25) is 0 Å². The fraction of sp³-hybridized carbons (Fsp3) is 0. The molecule has 0 saturated heterocycles. The molecule has 1 heterocycles. The average Bonchev–Trinajstić information content (AvgIpc) is 2.59. The van der Waals surface area contributed by atoms with Crippen LogP contribution in [0.4, 0.5) is 17.1 Å². The van der Waals surface area contributed by atoms with Crippen LogP contribution < -0.4 is 10.6 Å². The predicted molar refractivity (Wildman–Crippen MR) is 98.4 cm³/mol. The predicted octanol–water partition coefficient (Wildman–Crippen LogP) is 5.38. The van der Waals surface area contributed by atoms with Crippen molar-refractivity contribution in [1.29, 1.82) is 0 Å². The summed E-state index contributed by atoms with van der Waals surface area (Å²) in [6.45, 7) is 0. The number of pyridine rings is 1. The summed E-state index contributed by atoms with van der Waals surface area (Å²) in [5.74, 6) is -0.246. The maximum Gasteiger partial charge on any atom is 0.257 e. The summed E-state index contributed by atoms with van der Waals surface area (Å²) >= 11 is 11.7. The van der Waals surface area contributed by atoms with Crippen molar-refractivity contribution in [2.75, 3.05) is 10.6 Å². The number of nitrogens with zero attached hydrogens (tertiary/aromatic N) is 1. The molecule has 0 saturated carbocycles. The first-order chi connectivity index (χ1) is 11.6. The number of hydrogen-bond donors (Lipinski definition) is 2. The van der Waals surface area contributed by atoms with Gasteiger partial charge in [-0.2, -0.15) is 0 Å². The summed E-state index contributed by atoms with van der Waals surface area (Å²) in [7, 11) is 0. The minimum Gasteiger partial charge on any atom is -0.354 e. The molecular weight excluding hydrogens is 345 g/mol. The zero-order valence-corrected chi connectivity index (χ0v) is 14.0. The van der Waals surface area contributed by atoms with E-state index >= 15 is 0 Å². The van der Waals surface area contributed by atoms with Gasteiger partial charge in [-0.05, 0) is 54.6 Å². The molecule has 2 N–H and O–H groups in total. The van der Waals surface area contributed by atoms with Crippen molar-refractivity contribution in [3.8, 4) is 0 Å². The second-order valence-corrected chi connectivity index (χ2v) is 5.93. The Morgan fingerprint density at radius 3 is 2.00 bits per heavy atom. The van der Waals surface area contributed by atoms with E-state index in [1.54, 1.807) is 48.7 Å². The van der Waals surface area contributed by atoms with Crippen molar-refractivity contribution < 1.29 is 4.79 Å². The first-order valence-electron chi connectivity index (χ1n) is 7.15. The molecule has 6 heteroatoms.